The maximum absolute atomic E-state index is 12.0. The van der Waals surface area contributed by atoms with E-state index in [2.05, 4.69) is 26.0 Å². The third-order valence-corrected chi connectivity index (χ3v) is 5.34. The minimum Gasteiger partial charge on any atom is -0.314 e. The molecule has 1 aromatic rings. The molecule has 0 heterocycles. The lowest BCUT2D eigenvalue weighted by atomic mass is 10.1. The summed E-state index contributed by atoms with van der Waals surface area (Å²) in [5, 5.41) is 3.32. The summed E-state index contributed by atoms with van der Waals surface area (Å²) in [7, 11) is -3.22. The number of hydrogen-bond donors (Lipinski definition) is 2. The number of nitrogens with one attached hydrogen (secondary N) is 2. The van der Waals surface area contributed by atoms with E-state index >= 15 is 0 Å². The molecule has 1 aromatic carbocycles. The highest BCUT2D eigenvalue weighted by Gasteiger charge is 2.20. The summed E-state index contributed by atoms with van der Waals surface area (Å²) in [6, 6.07) is 8.10. The standard InChI is InChI=1S/C14H21BrN2O2S/c1-11(12-4-2-5-13(15)10-12)17-20(18,19)9-3-8-16-14-6-7-14/h2,4-5,10-11,14,16-17H,3,6-9H2,1H3. The van der Waals surface area contributed by atoms with E-state index in [0.717, 1.165) is 16.6 Å². The molecule has 1 saturated carbocycles. The minimum absolute atomic E-state index is 0.172. The highest BCUT2D eigenvalue weighted by molar-refractivity contribution is 9.10. The zero-order valence-electron chi connectivity index (χ0n) is 11.6. The van der Waals surface area contributed by atoms with Gasteiger partial charge in [0.2, 0.25) is 10.0 Å². The van der Waals surface area contributed by atoms with Crippen LogP contribution in [-0.2, 0) is 10.0 Å². The summed E-state index contributed by atoms with van der Waals surface area (Å²) < 4.78 is 27.7. The van der Waals surface area contributed by atoms with Crippen LogP contribution in [0.25, 0.3) is 0 Å². The van der Waals surface area contributed by atoms with Crippen molar-refractivity contribution in [1.29, 1.82) is 0 Å². The molecule has 0 aliphatic heterocycles. The van der Waals surface area contributed by atoms with Crippen LogP contribution in [0.3, 0.4) is 0 Å². The van der Waals surface area contributed by atoms with Crippen molar-refractivity contribution < 1.29 is 8.42 Å². The van der Waals surface area contributed by atoms with Gasteiger partial charge in [-0.15, -0.1) is 0 Å². The number of rotatable bonds is 8. The number of benzene rings is 1. The summed E-state index contributed by atoms with van der Waals surface area (Å²) in [6.07, 6.45) is 3.10. The minimum atomic E-state index is -3.22. The highest BCUT2D eigenvalue weighted by atomic mass is 79.9. The lowest BCUT2D eigenvalue weighted by Crippen LogP contribution is -2.30. The van der Waals surface area contributed by atoms with Crippen LogP contribution in [0.4, 0.5) is 0 Å². The van der Waals surface area contributed by atoms with Crippen LogP contribution in [0.2, 0.25) is 0 Å². The molecule has 0 bridgehead atoms. The van der Waals surface area contributed by atoms with Gasteiger partial charge in [-0.3, -0.25) is 0 Å². The van der Waals surface area contributed by atoms with Crippen molar-refractivity contribution >= 4 is 26.0 Å². The van der Waals surface area contributed by atoms with Gasteiger partial charge >= 0.3 is 0 Å². The molecule has 0 aromatic heterocycles. The first kappa shape index (κ1) is 15.9. The Balaban J connectivity index is 1.80. The molecule has 1 aliphatic carbocycles. The van der Waals surface area contributed by atoms with Crippen molar-refractivity contribution in [3.63, 3.8) is 0 Å². The average molecular weight is 361 g/mol. The molecule has 1 aliphatic rings. The average Bonchev–Trinajstić information content (AvgIpc) is 3.18. The van der Waals surface area contributed by atoms with Gasteiger partial charge in [-0.2, -0.15) is 0 Å². The second-order valence-corrected chi connectivity index (χ2v) is 8.08. The Labute approximate surface area is 129 Å². The van der Waals surface area contributed by atoms with E-state index in [0.29, 0.717) is 12.5 Å². The predicted molar refractivity (Wildman–Crippen MR) is 85.1 cm³/mol. The Kier molecular flexibility index (Phi) is 5.60. The maximum Gasteiger partial charge on any atom is 0.212 e. The normalized spacial score (nSPS) is 17.1. The van der Waals surface area contributed by atoms with E-state index in [1.807, 2.05) is 31.2 Å². The third-order valence-electron chi connectivity index (χ3n) is 3.31. The van der Waals surface area contributed by atoms with Crippen LogP contribution in [0.1, 0.15) is 37.8 Å². The van der Waals surface area contributed by atoms with Crippen molar-refractivity contribution in [3.8, 4) is 0 Å². The summed E-state index contributed by atoms with van der Waals surface area (Å²) >= 11 is 3.40. The Morgan fingerprint density at radius 3 is 2.80 bits per heavy atom. The van der Waals surface area contributed by atoms with E-state index < -0.39 is 10.0 Å². The quantitative estimate of drug-likeness (QED) is 0.700. The number of halogens is 1. The SMILES string of the molecule is CC(NS(=O)(=O)CCCNC1CC1)c1cccc(Br)c1. The second-order valence-electron chi connectivity index (χ2n) is 5.30. The molecular formula is C14H21BrN2O2S. The van der Waals surface area contributed by atoms with Gasteiger partial charge in [0.05, 0.1) is 5.75 Å². The predicted octanol–water partition coefficient (Wildman–Crippen LogP) is 2.57. The van der Waals surface area contributed by atoms with Crippen LogP contribution < -0.4 is 10.0 Å². The lowest BCUT2D eigenvalue weighted by molar-refractivity contribution is 0.561. The molecule has 112 valence electrons. The molecule has 0 radical (unpaired) electrons. The van der Waals surface area contributed by atoms with E-state index in [-0.39, 0.29) is 11.8 Å². The van der Waals surface area contributed by atoms with Crippen molar-refractivity contribution in [3.05, 3.63) is 34.3 Å². The largest absolute Gasteiger partial charge is 0.314 e. The topological polar surface area (TPSA) is 58.2 Å². The van der Waals surface area contributed by atoms with Crippen LogP contribution >= 0.6 is 15.9 Å². The Morgan fingerprint density at radius 2 is 2.15 bits per heavy atom. The zero-order valence-corrected chi connectivity index (χ0v) is 14.0. The molecule has 1 fully saturated rings. The van der Waals surface area contributed by atoms with E-state index in [4.69, 9.17) is 0 Å². The summed E-state index contributed by atoms with van der Waals surface area (Å²) in [4.78, 5) is 0. The molecule has 6 heteroatoms. The molecule has 2 rings (SSSR count). The Morgan fingerprint density at radius 1 is 1.40 bits per heavy atom. The lowest BCUT2D eigenvalue weighted by Gasteiger charge is -2.15. The first-order valence-electron chi connectivity index (χ1n) is 6.95. The molecule has 0 spiro atoms. The summed E-state index contributed by atoms with van der Waals surface area (Å²) in [5.74, 6) is 0.172. The van der Waals surface area contributed by atoms with Gasteiger partial charge < -0.3 is 5.32 Å². The van der Waals surface area contributed by atoms with Crippen molar-refractivity contribution in [2.45, 2.75) is 38.3 Å². The molecule has 0 saturated heterocycles. The number of hydrogen-bond acceptors (Lipinski definition) is 3. The van der Waals surface area contributed by atoms with Crippen molar-refractivity contribution in [2.75, 3.05) is 12.3 Å². The summed E-state index contributed by atoms with van der Waals surface area (Å²) in [6.45, 7) is 2.64. The third kappa shape index (κ3) is 5.52. The first-order chi connectivity index (χ1) is 9.46. The molecule has 0 amide bonds. The highest BCUT2D eigenvalue weighted by Crippen LogP contribution is 2.19. The van der Waals surface area contributed by atoms with Crippen LogP contribution in [-0.4, -0.2) is 26.8 Å². The Hall–Kier alpha value is -0.430. The van der Waals surface area contributed by atoms with Gasteiger partial charge in [0.25, 0.3) is 0 Å². The first-order valence-corrected chi connectivity index (χ1v) is 9.40. The van der Waals surface area contributed by atoms with Crippen LogP contribution in [0.15, 0.2) is 28.7 Å². The maximum atomic E-state index is 12.0. The van der Waals surface area contributed by atoms with E-state index in [1.54, 1.807) is 0 Å². The number of sulfonamides is 1. The van der Waals surface area contributed by atoms with Crippen LogP contribution in [0, 0.1) is 0 Å². The van der Waals surface area contributed by atoms with E-state index in [9.17, 15) is 8.42 Å². The molecular weight excluding hydrogens is 340 g/mol. The fraction of sp³-hybridized carbons (Fsp3) is 0.571. The zero-order chi connectivity index (χ0) is 14.6. The van der Waals surface area contributed by atoms with Gasteiger partial charge in [-0.25, -0.2) is 13.1 Å². The fourth-order valence-corrected chi connectivity index (χ4v) is 3.76. The van der Waals surface area contributed by atoms with Gasteiger partial charge in [-0.1, -0.05) is 28.1 Å². The smallest absolute Gasteiger partial charge is 0.212 e. The van der Waals surface area contributed by atoms with Gasteiger partial charge in [0.1, 0.15) is 0 Å². The Bertz CT molecular complexity index is 544. The molecule has 1 atom stereocenters. The fourth-order valence-electron chi connectivity index (χ4n) is 2.03. The van der Waals surface area contributed by atoms with E-state index in [1.165, 1.54) is 12.8 Å². The summed E-state index contributed by atoms with van der Waals surface area (Å²) in [5.41, 5.74) is 0.957. The molecule has 1 unspecified atom stereocenters. The van der Waals surface area contributed by atoms with Gasteiger partial charge in [-0.05, 0) is 50.4 Å². The van der Waals surface area contributed by atoms with Crippen LogP contribution in [0.5, 0.6) is 0 Å². The molecule has 2 N–H and O–H groups in total. The monoisotopic (exact) mass is 360 g/mol. The van der Waals surface area contributed by atoms with Crippen molar-refractivity contribution in [2.24, 2.45) is 0 Å². The van der Waals surface area contributed by atoms with Crippen molar-refractivity contribution in [1.82, 2.24) is 10.0 Å². The van der Waals surface area contributed by atoms with Gasteiger partial charge in [0, 0.05) is 16.6 Å². The molecule has 20 heavy (non-hydrogen) atoms. The second kappa shape index (κ2) is 7.02. The molecule has 4 nitrogen and oxygen atoms in total. The van der Waals surface area contributed by atoms with Gasteiger partial charge in [0.15, 0.2) is 0 Å².